The van der Waals surface area contributed by atoms with Gasteiger partial charge in [0.05, 0.1) is 7.11 Å². The van der Waals surface area contributed by atoms with Crippen molar-refractivity contribution >= 4 is 17.6 Å². The van der Waals surface area contributed by atoms with Gasteiger partial charge >= 0.3 is 5.97 Å². The Bertz CT molecular complexity index is 778. The van der Waals surface area contributed by atoms with E-state index in [1.807, 2.05) is 24.3 Å². The van der Waals surface area contributed by atoms with Gasteiger partial charge in [0.15, 0.2) is 24.7 Å². The molecule has 1 amide bonds. The Balaban J connectivity index is 1.77. The second-order valence-electron chi connectivity index (χ2n) is 6.98. The van der Waals surface area contributed by atoms with Crippen LogP contribution in [-0.4, -0.2) is 32.2 Å². The third-order valence-electron chi connectivity index (χ3n) is 3.81. The molecule has 0 radical (unpaired) electrons. The summed E-state index contributed by atoms with van der Waals surface area (Å²) < 4.78 is 15.4. The van der Waals surface area contributed by atoms with Gasteiger partial charge < -0.3 is 19.5 Å². The molecule has 0 atom stereocenters. The SMILES string of the molecule is COc1ccccc1OCC(=O)OCC(=O)Nc1ccc(C(C)(C)C)cc1. The van der Waals surface area contributed by atoms with Crippen molar-refractivity contribution in [2.45, 2.75) is 26.2 Å². The standard InChI is InChI=1S/C21H25NO5/c1-21(2,3)15-9-11-16(12-10-15)22-19(23)13-27-20(24)14-26-18-8-6-5-7-17(18)25-4/h5-12H,13-14H2,1-4H3,(H,22,23). The van der Waals surface area contributed by atoms with E-state index in [9.17, 15) is 9.59 Å². The van der Waals surface area contributed by atoms with E-state index in [2.05, 4.69) is 26.1 Å². The summed E-state index contributed by atoms with van der Waals surface area (Å²) in [6, 6.07) is 14.5. The molecule has 0 unspecified atom stereocenters. The van der Waals surface area contributed by atoms with Crippen LogP contribution in [0.2, 0.25) is 0 Å². The molecule has 6 heteroatoms. The normalized spacial score (nSPS) is 10.8. The van der Waals surface area contributed by atoms with Crippen LogP contribution in [0.4, 0.5) is 5.69 Å². The summed E-state index contributed by atoms with van der Waals surface area (Å²) in [7, 11) is 1.51. The molecule has 0 bridgehead atoms. The van der Waals surface area contributed by atoms with E-state index in [1.54, 1.807) is 24.3 Å². The van der Waals surface area contributed by atoms with Gasteiger partial charge in [0, 0.05) is 5.69 Å². The number of carbonyl (C=O) groups is 2. The Kier molecular flexibility index (Phi) is 6.82. The summed E-state index contributed by atoms with van der Waals surface area (Å²) in [4.78, 5) is 23.7. The summed E-state index contributed by atoms with van der Waals surface area (Å²) >= 11 is 0. The van der Waals surface area contributed by atoms with E-state index in [-0.39, 0.29) is 18.6 Å². The van der Waals surface area contributed by atoms with Gasteiger partial charge in [-0.2, -0.15) is 0 Å². The van der Waals surface area contributed by atoms with Gasteiger partial charge in [-0.15, -0.1) is 0 Å². The summed E-state index contributed by atoms with van der Waals surface area (Å²) in [6.07, 6.45) is 0. The quantitative estimate of drug-likeness (QED) is 0.754. The Morgan fingerprint density at radius 2 is 1.56 bits per heavy atom. The fourth-order valence-electron chi connectivity index (χ4n) is 2.31. The second kappa shape index (κ2) is 9.07. The van der Waals surface area contributed by atoms with Crippen LogP contribution in [0, 0.1) is 0 Å². The van der Waals surface area contributed by atoms with Gasteiger partial charge in [-0.05, 0) is 35.2 Å². The second-order valence-corrected chi connectivity index (χ2v) is 6.98. The number of benzene rings is 2. The van der Waals surface area contributed by atoms with Crippen molar-refractivity contribution in [3.8, 4) is 11.5 Å². The van der Waals surface area contributed by atoms with Crippen molar-refractivity contribution in [3.63, 3.8) is 0 Å². The van der Waals surface area contributed by atoms with Crippen LogP contribution in [0.15, 0.2) is 48.5 Å². The van der Waals surface area contributed by atoms with Crippen LogP contribution in [0.25, 0.3) is 0 Å². The first kappa shape index (κ1) is 20.3. The molecule has 0 saturated heterocycles. The highest BCUT2D eigenvalue weighted by Crippen LogP contribution is 2.25. The highest BCUT2D eigenvalue weighted by Gasteiger charge is 2.14. The zero-order chi connectivity index (χ0) is 19.9. The molecular formula is C21H25NO5. The van der Waals surface area contributed by atoms with Crippen LogP contribution in [0.1, 0.15) is 26.3 Å². The molecule has 0 aliphatic carbocycles. The number of anilines is 1. The van der Waals surface area contributed by atoms with Crippen LogP contribution in [0.3, 0.4) is 0 Å². The van der Waals surface area contributed by atoms with Gasteiger partial charge in [-0.1, -0.05) is 45.0 Å². The third kappa shape index (κ3) is 6.33. The Morgan fingerprint density at radius 1 is 0.926 bits per heavy atom. The van der Waals surface area contributed by atoms with Crippen molar-refractivity contribution in [1.29, 1.82) is 0 Å². The van der Waals surface area contributed by atoms with Crippen LogP contribution >= 0.6 is 0 Å². The van der Waals surface area contributed by atoms with Gasteiger partial charge in [0.1, 0.15) is 0 Å². The minimum atomic E-state index is -0.640. The van der Waals surface area contributed by atoms with E-state index in [0.717, 1.165) is 0 Å². The van der Waals surface area contributed by atoms with Crippen LogP contribution in [-0.2, 0) is 19.7 Å². The lowest BCUT2D eigenvalue weighted by Gasteiger charge is -2.19. The van der Waals surface area contributed by atoms with Gasteiger partial charge in [-0.25, -0.2) is 4.79 Å². The smallest absolute Gasteiger partial charge is 0.344 e. The van der Waals surface area contributed by atoms with E-state index in [1.165, 1.54) is 12.7 Å². The zero-order valence-electron chi connectivity index (χ0n) is 16.1. The molecule has 0 spiro atoms. The Labute approximate surface area is 159 Å². The molecule has 0 aliphatic rings. The number of rotatable bonds is 7. The lowest BCUT2D eigenvalue weighted by molar-refractivity contribution is -0.149. The van der Waals surface area contributed by atoms with Crippen molar-refractivity contribution in [2.75, 3.05) is 25.6 Å². The lowest BCUT2D eigenvalue weighted by Crippen LogP contribution is -2.23. The highest BCUT2D eigenvalue weighted by atomic mass is 16.6. The van der Waals surface area contributed by atoms with Crippen molar-refractivity contribution in [2.24, 2.45) is 0 Å². The van der Waals surface area contributed by atoms with E-state index in [0.29, 0.717) is 17.2 Å². The molecule has 2 rings (SSSR count). The van der Waals surface area contributed by atoms with E-state index >= 15 is 0 Å². The van der Waals surface area contributed by atoms with Gasteiger partial charge in [0.2, 0.25) is 0 Å². The maximum atomic E-state index is 11.9. The number of carbonyl (C=O) groups excluding carboxylic acids is 2. The minimum Gasteiger partial charge on any atom is -0.493 e. The fraction of sp³-hybridized carbons (Fsp3) is 0.333. The van der Waals surface area contributed by atoms with Crippen molar-refractivity contribution in [1.82, 2.24) is 0 Å². The van der Waals surface area contributed by atoms with Gasteiger partial charge in [-0.3, -0.25) is 4.79 Å². The molecule has 144 valence electrons. The monoisotopic (exact) mass is 371 g/mol. The number of amides is 1. The molecule has 1 N–H and O–H groups in total. The molecule has 2 aromatic carbocycles. The van der Waals surface area contributed by atoms with Crippen molar-refractivity contribution in [3.05, 3.63) is 54.1 Å². The summed E-state index contributed by atoms with van der Waals surface area (Å²) in [5.74, 6) is -0.106. The predicted molar refractivity (Wildman–Crippen MR) is 103 cm³/mol. The molecule has 6 nitrogen and oxygen atoms in total. The molecule has 0 fully saturated rings. The number of ether oxygens (including phenoxy) is 3. The maximum absolute atomic E-state index is 11.9. The molecule has 0 aliphatic heterocycles. The Hall–Kier alpha value is -3.02. The average molecular weight is 371 g/mol. The number of methoxy groups -OCH3 is 1. The first-order chi connectivity index (χ1) is 12.8. The predicted octanol–water partition coefficient (Wildman–Crippen LogP) is 3.55. The number of para-hydroxylation sites is 2. The lowest BCUT2D eigenvalue weighted by atomic mass is 9.87. The fourth-order valence-corrected chi connectivity index (χ4v) is 2.31. The van der Waals surface area contributed by atoms with Crippen LogP contribution in [0.5, 0.6) is 11.5 Å². The largest absolute Gasteiger partial charge is 0.493 e. The maximum Gasteiger partial charge on any atom is 0.344 e. The first-order valence-electron chi connectivity index (χ1n) is 8.61. The average Bonchev–Trinajstić information content (AvgIpc) is 2.64. The zero-order valence-corrected chi connectivity index (χ0v) is 16.1. The van der Waals surface area contributed by atoms with E-state index < -0.39 is 11.9 Å². The summed E-state index contributed by atoms with van der Waals surface area (Å²) in [5.41, 5.74) is 1.86. The number of nitrogens with one attached hydrogen (secondary N) is 1. The van der Waals surface area contributed by atoms with E-state index in [4.69, 9.17) is 14.2 Å². The molecular weight excluding hydrogens is 346 g/mol. The number of esters is 1. The van der Waals surface area contributed by atoms with Crippen molar-refractivity contribution < 1.29 is 23.8 Å². The van der Waals surface area contributed by atoms with Crippen LogP contribution < -0.4 is 14.8 Å². The third-order valence-corrected chi connectivity index (χ3v) is 3.81. The topological polar surface area (TPSA) is 73.9 Å². The number of hydrogen-bond acceptors (Lipinski definition) is 5. The molecule has 27 heavy (non-hydrogen) atoms. The first-order valence-corrected chi connectivity index (χ1v) is 8.61. The number of hydrogen-bond donors (Lipinski definition) is 1. The minimum absolute atomic E-state index is 0.0412. The summed E-state index contributed by atoms with van der Waals surface area (Å²) in [6.45, 7) is 5.66. The van der Waals surface area contributed by atoms with Gasteiger partial charge in [0.25, 0.3) is 5.91 Å². The molecule has 0 saturated carbocycles. The summed E-state index contributed by atoms with van der Waals surface area (Å²) in [5, 5.41) is 2.69. The molecule has 2 aromatic rings. The highest BCUT2D eigenvalue weighted by molar-refractivity contribution is 5.92. The molecule has 0 heterocycles. The molecule has 0 aromatic heterocycles. The Morgan fingerprint density at radius 3 is 2.15 bits per heavy atom.